The smallest absolute Gasteiger partial charge is 0.253 e. The maximum Gasteiger partial charge on any atom is 0.253 e. The number of aromatic nitrogens is 1. The molecule has 2 fully saturated rings. The van der Waals surface area contributed by atoms with Crippen LogP contribution in [0.1, 0.15) is 53.9 Å². The molecule has 136 valence electrons. The standard InChI is InChI=1S/C20H21Cl2N3O/c21-17-7-6-14(8-18(17)22)25-19-9-15(13-4-5-13)16(11-23-19)20(26)24-10-12-2-1-3-12/h6-9,11-13H,1-5,10H2,(H,23,25)(H,24,26). The van der Waals surface area contributed by atoms with Gasteiger partial charge in [-0.1, -0.05) is 29.6 Å². The van der Waals surface area contributed by atoms with Crippen LogP contribution in [0, 0.1) is 5.92 Å². The highest BCUT2D eigenvalue weighted by molar-refractivity contribution is 6.42. The van der Waals surface area contributed by atoms with Crippen molar-refractivity contribution >= 4 is 40.6 Å². The van der Waals surface area contributed by atoms with Gasteiger partial charge in [0.1, 0.15) is 5.82 Å². The molecule has 0 spiro atoms. The van der Waals surface area contributed by atoms with Gasteiger partial charge < -0.3 is 10.6 Å². The van der Waals surface area contributed by atoms with Gasteiger partial charge in [-0.05, 0) is 67.3 Å². The van der Waals surface area contributed by atoms with Gasteiger partial charge in [0.2, 0.25) is 0 Å². The SMILES string of the molecule is O=C(NCC1CCC1)c1cnc(Nc2ccc(Cl)c(Cl)c2)cc1C1CC1. The van der Waals surface area contributed by atoms with E-state index in [9.17, 15) is 4.79 Å². The average Bonchev–Trinajstić information content (AvgIpc) is 3.41. The number of amides is 1. The lowest BCUT2D eigenvalue weighted by Gasteiger charge is -2.25. The van der Waals surface area contributed by atoms with Crippen molar-refractivity contribution in [2.24, 2.45) is 5.92 Å². The maximum atomic E-state index is 12.6. The molecule has 0 atom stereocenters. The van der Waals surface area contributed by atoms with E-state index in [0.717, 1.165) is 30.6 Å². The average molecular weight is 390 g/mol. The molecule has 2 saturated carbocycles. The predicted molar refractivity (Wildman–Crippen MR) is 106 cm³/mol. The first-order valence-electron chi connectivity index (χ1n) is 9.10. The Labute approximate surface area is 163 Å². The number of hydrogen-bond donors (Lipinski definition) is 2. The summed E-state index contributed by atoms with van der Waals surface area (Å²) in [6.45, 7) is 0.770. The minimum atomic E-state index is -0.00705. The Hall–Kier alpha value is -1.78. The first-order valence-corrected chi connectivity index (χ1v) is 9.86. The second-order valence-electron chi connectivity index (χ2n) is 7.19. The van der Waals surface area contributed by atoms with E-state index in [-0.39, 0.29) is 5.91 Å². The Morgan fingerprint density at radius 3 is 2.58 bits per heavy atom. The Bertz CT molecular complexity index is 832. The zero-order chi connectivity index (χ0) is 18.1. The summed E-state index contributed by atoms with van der Waals surface area (Å²) in [6, 6.07) is 7.35. The molecule has 6 heteroatoms. The van der Waals surface area contributed by atoms with Crippen molar-refractivity contribution in [3.8, 4) is 0 Å². The zero-order valence-electron chi connectivity index (χ0n) is 14.4. The molecule has 0 bridgehead atoms. The number of benzene rings is 1. The van der Waals surface area contributed by atoms with E-state index < -0.39 is 0 Å². The molecular weight excluding hydrogens is 369 g/mol. The lowest BCUT2D eigenvalue weighted by atomic mass is 9.85. The molecule has 1 heterocycles. The summed E-state index contributed by atoms with van der Waals surface area (Å²) in [5, 5.41) is 7.33. The molecular formula is C20H21Cl2N3O. The summed E-state index contributed by atoms with van der Waals surface area (Å²) in [5.41, 5.74) is 2.59. The maximum absolute atomic E-state index is 12.6. The van der Waals surface area contributed by atoms with E-state index in [4.69, 9.17) is 23.2 Å². The molecule has 2 N–H and O–H groups in total. The number of anilines is 2. The third kappa shape index (κ3) is 3.97. The second kappa shape index (κ2) is 7.45. The second-order valence-corrected chi connectivity index (χ2v) is 8.01. The van der Waals surface area contributed by atoms with Crippen molar-refractivity contribution in [1.29, 1.82) is 0 Å². The molecule has 2 aliphatic rings. The van der Waals surface area contributed by atoms with Crippen molar-refractivity contribution in [2.45, 2.75) is 38.0 Å². The number of pyridine rings is 1. The Kier molecular flexibility index (Phi) is 5.05. The quantitative estimate of drug-likeness (QED) is 0.681. The third-order valence-corrected chi connectivity index (χ3v) is 5.90. The molecule has 1 amide bonds. The summed E-state index contributed by atoms with van der Waals surface area (Å²) in [6.07, 6.45) is 7.66. The largest absolute Gasteiger partial charge is 0.352 e. The van der Waals surface area contributed by atoms with Crippen LogP contribution in [0.25, 0.3) is 0 Å². The van der Waals surface area contributed by atoms with E-state index >= 15 is 0 Å². The highest BCUT2D eigenvalue weighted by Gasteiger charge is 2.29. The number of carbonyl (C=O) groups is 1. The number of nitrogens with zero attached hydrogens (tertiary/aromatic N) is 1. The van der Waals surface area contributed by atoms with Gasteiger partial charge in [-0.3, -0.25) is 4.79 Å². The minimum absolute atomic E-state index is 0.00705. The molecule has 1 aromatic heterocycles. The van der Waals surface area contributed by atoms with Gasteiger partial charge in [-0.2, -0.15) is 0 Å². The normalized spacial score (nSPS) is 16.8. The van der Waals surface area contributed by atoms with Crippen LogP contribution in [0.2, 0.25) is 10.0 Å². The first-order chi connectivity index (χ1) is 12.6. The molecule has 0 aliphatic heterocycles. The number of rotatable bonds is 6. The topological polar surface area (TPSA) is 54.0 Å². The molecule has 2 aliphatic carbocycles. The van der Waals surface area contributed by atoms with Gasteiger partial charge in [-0.15, -0.1) is 0 Å². The van der Waals surface area contributed by atoms with Gasteiger partial charge in [0.25, 0.3) is 5.91 Å². The van der Waals surface area contributed by atoms with Crippen LogP contribution in [0.3, 0.4) is 0 Å². The van der Waals surface area contributed by atoms with Crippen LogP contribution in [-0.2, 0) is 0 Å². The van der Waals surface area contributed by atoms with E-state index in [1.54, 1.807) is 18.3 Å². The lowest BCUT2D eigenvalue weighted by Crippen LogP contribution is -2.32. The van der Waals surface area contributed by atoms with Gasteiger partial charge in [0.15, 0.2) is 0 Å². The molecule has 0 unspecified atom stereocenters. The van der Waals surface area contributed by atoms with Crippen molar-refractivity contribution in [2.75, 3.05) is 11.9 Å². The van der Waals surface area contributed by atoms with E-state index in [0.29, 0.717) is 33.3 Å². The van der Waals surface area contributed by atoms with E-state index in [1.165, 1.54) is 19.3 Å². The summed E-state index contributed by atoms with van der Waals surface area (Å²) in [7, 11) is 0. The van der Waals surface area contributed by atoms with Crippen LogP contribution < -0.4 is 10.6 Å². The zero-order valence-corrected chi connectivity index (χ0v) is 15.9. The monoisotopic (exact) mass is 389 g/mol. The van der Waals surface area contributed by atoms with Crippen LogP contribution >= 0.6 is 23.2 Å². The van der Waals surface area contributed by atoms with Crippen LogP contribution in [0.15, 0.2) is 30.5 Å². The minimum Gasteiger partial charge on any atom is -0.352 e. The van der Waals surface area contributed by atoms with Gasteiger partial charge in [0, 0.05) is 18.4 Å². The molecule has 2 aromatic rings. The fourth-order valence-electron chi connectivity index (χ4n) is 3.21. The number of halogens is 2. The Morgan fingerprint density at radius 2 is 1.92 bits per heavy atom. The van der Waals surface area contributed by atoms with Crippen molar-refractivity contribution in [1.82, 2.24) is 10.3 Å². The summed E-state index contributed by atoms with van der Waals surface area (Å²) in [5.74, 6) is 1.80. The highest BCUT2D eigenvalue weighted by atomic mass is 35.5. The van der Waals surface area contributed by atoms with Crippen LogP contribution in [0.5, 0.6) is 0 Å². The van der Waals surface area contributed by atoms with Gasteiger partial charge >= 0.3 is 0 Å². The highest BCUT2D eigenvalue weighted by Crippen LogP contribution is 2.42. The fourth-order valence-corrected chi connectivity index (χ4v) is 3.51. The Balaban J connectivity index is 1.51. The van der Waals surface area contributed by atoms with Crippen molar-refractivity contribution < 1.29 is 4.79 Å². The molecule has 1 aromatic carbocycles. The summed E-state index contributed by atoms with van der Waals surface area (Å²) in [4.78, 5) is 17.0. The van der Waals surface area contributed by atoms with Crippen molar-refractivity contribution in [3.63, 3.8) is 0 Å². The van der Waals surface area contributed by atoms with Gasteiger partial charge in [-0.25, -0.2) is 4.98 Å². The van der Waals surface area contributed by atoms with Gasteiger partial charge in [0.05, 0.1) is 15.6 Å². The van der Waals surface area contributed by atoms with Crippen molar-refractivity contribution in [3.05, 3.63) is 51.6 Å². The van der Waals surface area contributed by atoms with Crippen LogP contribution in [-0.4, -0.2) is 17.4 Å². The fraction of sp³-hybridized carbons (Fsp3) is 0.400. The lowest BCUT2D eigenvalue weighted by molar-refractivity contribution is 0.0937. The Morgan fingerprint density at radius 1 is 1.12 bits per heavy atom. The molecule has 4 rings (SSSR count). The molecule has 0 radical (unpaired) electrons. The predicted octanol–water partition coefficient (Wildman–Crippen LogP) is 5.54. The summed E-state index contributed by atoms with van der Waals surface area (Å²) < 4.78 is 0. The van der Waals surface area contributed by atoms with E-state index in [2.05, 4.69) is 15.6 Å². The van der Waals surface area contributed by atoms with E-state index in [1.807, 2.05) is 12.1 Å². The number of carbonyl (C=O) groups excluding carboxylic acids is 1. The third-order valence-electron chi connectivity index (χ3n) is 5.17. The molecule has 4 nitrogen and oxygen atoms in total. The summed E-state index contributed by atoms with van der Waals surface area (Å²) >= 11 is 12.0. The van der Waals surface area contributed by atoms with Crippen LogP contribution in [0.4, 0.5) is 11.5 Å². The molecule has 0 saturated heterocycles. The first kappa shape index (κ1) is 17.6. The number of hydrogen-bond acceptors (Lipinski definition) is 3. The molecule has 26 heavy (non-hydrogen) atoms. The number of nitrogens with one attached hydrogen (secondary N) is 2.